The summed E-state index contributed by atoms with van der Waals surface area (Å²) in [6.07, 6.45) is -0.359. The van der Waals surface area contributed by atoms with Crippen LogP contribution in [0.2, 0.25) is 0 Å². The molecule has 1 aromatic heterocycles. The van der Waals surface area contributed by atoms with Crippen LogP contribution in [0.1, 0.15) is 46.0 Å². The van der Waals surface area contributed by atoms with Crippen LogP contribution < -0.4 is 9.64 Å². The number of carbonyl (C=O) groups is 1. The number of carbonyl (C=O) groups excluding carboxylic acids is 1. The van der Waals surface area contributed by atoms with Gasteiger partial charge in [0.2, 0.25) is 5.88 Å². The Bertz CT molecular complexity index is 611. The smallest absolute Gasteiger partial charge is 0.410 e. The molecule has 1 amide bonds. The number of aryl methyl sites for hydroxylation is 1. The van der Waals surface area contributed by atoms with E-state index < -0.39 is 5.60 Å². The van der Waals surface area contributed by atoms with Crippen LogP contribution in [0.3, 0.4) is 0 Å². The van der Waals surface area contributed by atoms with Crippen LogP contribution in [-0.4, -0.2) is 52.8 Å². The number of hydrogen-bond acceptors (Lipinski definition) is 6. The maximum absolute atomic E-state index is 12.3. The van der Waals surface area contributed by atoms with Gasteiger partial charge in [-0.2, -0.15) is 4.98 Å². The first-order valence-electron chi connectivity index (χ1n) is 8.29. The normalized spacial score (nSPS) is 14.8. The summed E-state index contributed by atoms with van der Waals surface area (Å²) in [4.78, 5) is 25.2. The van der Waals surface area contributed by atoms with Crippen molar-refractivity contribution in [3.63, 3.8) is 0 Å². The fraction of sp³-hybridized carbons (Fsp3) is 0.706. The molecule has 2 heterocycles. The summed E-state index contributed by atoms with van der Waals surface area (Å²) in [6.45, 7) is 12.8. The summed E-state index contributed by atoms with van der Waals surface area (Å²) in [5, 5.41) is 0. The van der Waals surface area contributed by atoms with Crippen LogP contribution in [0.15, 0.2) is 0 Å². The monoisotopic (exact) mass is 336 g/mol. The van der Waals surface area contributed by atoms with Crippen molar-refractivity contribution in [3.05, 3.63) is 11.4 Å². The van der Waals surface area contributed by atoms with E-state index in [4.69, 9.17) is 9.47 Å². The second-order valence-corrected chi connectivity index (χ2v) is 7.34. The highest BCUT2D eigenvalue weighted by Crippen LogP contribution is 2.26. The molecule has 0 atom stereocenters. The van der Waals surface area contributed by atoms with E-state index in [2.05, 4.69) is 28.7 Å². The lowest BCUT2D eigenvalue weighted by Crippen LogP contribution is -2.37. The molecule has 0 radical (unpaired) electrons. The number of hydrogen-bond donors (Lipinski definition) is 0. The Morgan fingerprint density at radius 3 is 2.58 bits per heavy atom. The molecule has 24 heavy (non-hydrogen) atoms. The molecule has 134 valence electrons. The number of amides is 1. The van der Waals surface area contributed by atoms with E-state index in [9.17, 15) is 4.79 Å². The minimum atomic E-state index is -0.529. The van der Waals surface area contributed by atoms with E-state index in [0.29, 0.717) is 37.3 Å². The van der Waals surface area contributed by atoms with Gasteiger partial charge in [0.05, 0.1) is 18.8 Å². The van der Waals surface area contributed by atoms with Crippen LogP contribution in [0.25, 0.3) is 0 Å². The maximum atomic E-state index is 12.3. The Balaban J connectivity index is 2.25. The predicted octanol–water partition coefficient (Wildman–Crippen LogP) is 2.76. The van der Waals surface area contributed by atoms with Gasteiger partial charge in [0.15, 0.2) is 5.82 Å². The standard InChI is InChI=1S/C17H28N4O3/c1-11(2)20(7)14-12(3)18-13-10-21(8-9-23-15(13)19-14)16(22)24-17(4,5)6/h11H,8-10H2,1-7H3. The predicted molar refractivity (Wildman–Crippen MR) is 92.4 cm³/mol. The van der Waals surface area contributed by atoms with Gasteiger partial charge in [-0.05, 0) is 41.5 Å². The van der Waals surface area contributed by atoms with Crippen molar-refractivity contribution in [3.8, 4) is 5.88 Å². The molecule has 1 aromatic rings. The molecule has 0 N–H and O–H groups in total. The summed E-state index contributed by atoms with van der Waals surface area (Å²) >= 11 is 0. The first-order chi connectivity index (χ1) is 11.1. The summed E-state index contributed by atoms with van der Waals surface area (Å²) in [7, 11) is 1.98. The topological polar surface area (TPSA) is 67.8 Å². The number of rotatable bonds is 2. The molecule has 0 bridgehead atoms. The fourth-order valence-corrected chi connectivity index (χ4v) is 2.33. The molecule has 0 fully saturated rings. The Labute approximate surface area is 144 Å². The first-order valence-corrected chi connectivity index (χ1v) is 8.29. The van der Waals surface area contributed by atoms with E-state index >= 15 is 0 Å². The van der Waals surface area contributed by atoms with Gasteiger partial charge in [-0.15, -0.1) is 0 Å². The van der Waals surface area contributed by atoms with Crippen LogP contribution in [0.4, 0.5) is 10.6 Å². The SMILES string of the molecule is Cc1nc2c(nc1N(C)C(C)C)OCCN(C(=O)OC(C)(C)C)C2. The average molecular weight is 336 g/mol. The lowest BCUT2D eigenvalue weighted by Gasteiger charge is -2.26. The largest absolute Gasteiger partial charge is 0.474 e. The number of anilines is 1. The zero-order valence-corrected chi connectivity index (χ0v) is 15.7. The molecule has 0 aromatic carbocycles. The molecule has 7 nitrogen and oxygen atoms in total. The molecule has 1 aliphatic rings. The molecule has 0 spiro atoms. The van der Waals surface area contributed by atoms with Crippen molar-refractivity contribution in [2.75, 3.05) is 25.1 Å². The molecule has 1 aliphatic heterocycles. The lowest BCUT2D eigenvalue weighted by atomic mass is 10.2. The Hall–Kier alpha value is -2.05. The van der Waals surface area contributed by atoms with Crippen LogP contribution >= 0.6 is 0 Å². The van der Waals surface area contributed by atoms with Gasteiger partial charge in [-0.25, -0.2) is 9.78 Å². The van der Waals surface area contributed by atoms with E-state index in [0.717, 1.165) is 11.5 Å². The zero-order chi connectivity index (χ0) is 18.1. The van der Waals surface area contributed by atoms with E-state index in [1.807, 2.05) is 34.7 Å². The summed E-state index contributed by atoms with van der Waals surface area (Å²) < 4.78 is 11.2. The van der Waals surface area contributed by atoms with Crippen molar-refractivity contribution < 1.29 is 14.3 Å². The number of nitrogens with zero attached hydrogens (tertiary/aromatic N) is 4. The third-order valence-corrected chi connectivity index (χ3v) is 3.78. The van der Waals surface area contributed by atoms with Gasteiger partial charge in [-0.1, -0.05) is 0 Å². The van der Waals surface area contributed by atoms with Gasteiger partial charge in [0, 0.05) is 13.1 Å². The number of aromatic nitrogens is 2. The van der Waals surface area contributed by atoms with Crippen molar-refractivity contribution in [1.82, 2.24) is 14.9 Å². The van der Waals surface area contributed by atoms with E-state index in [-0.39, 0.29) is 6.09 Å². The van der Waals surface area contributed by atoms with Crippen LogP contribution in [-0.2, 0) is 11.3 Å². The Kier molecular flexibility index (Phi) is 5.20. The van der Waals surface area contributed by atoms with Gasteiger partial charge < -0.3 is 14.4 Å². The van der Waals surface area contributed by atoms with E-state index in [1.165, 1.54) is 0 Å². The van der Waals surface area contributed by atoms with Gasteiger partial charge in [0.25, 0.3) is 0 Å². The molecule has 0 unspecified atom stereocenters. The van der Waals surface area contributed by atoms with Gasteiger partial charge in [-0.3, -0.25) is 4.90 Å². The van der Waals surface area contributed by atoms with Crippen molar-refractivity contribution in [2.24, 2.45) is 0 Å². The summed E-state index contributed by atoms with van der Waals surface area (Å²) in [5.74, 6) is 1.30. The zero-order valence-electron chi connectivity index (χ0n) is 15.7. The van der Waals surface area contributed by atoms with Crippen molar-refractivity contribution >= 4 is 11.9 Å². The first kappa shape index (κ1) is 18.3. The lowest BCUT2D eigenvalue weighted by molar-refractivity contribution is 0.0223. The Morgan fingerprint density at radius 1 is 1.33 bits per heavy atom. The molecule has 0 saturated heterocycles. The summed E-state index contributed by atoms with van der Waals surface area (Å²) in [5.41, 5.74) is 0.953. The quantitative estimate of drug-likeness (QED) is 0.827. The third-order valence-electron chi connectivity index (χ3n) is 3.78. The second kappa shape index (κ2) is 6.83. The molecule has 2 rings (SSSR count). The summed E-state index contributed by atoms with van der Waals surface area (Å²) in [6, 6.07) is 0.306. The average Bonchev–Trinajstić information content (AvgIpc) is 2.65. The van der Waals surface area contributed by atoms with Crippen LogP contribution in [0.5, 0.6) is 5.88 Å². The highest BCUT2D eigenvalue weighted by atomic mass is 16.6. The second-order valence-electron chi connectivity index (χ2n) is 7.34. The molecular weight excluding hydrogens is 308 g/mol. The molecular formula is C17H28N4O3. The minimum Gasteiger partial charge on any atom is -0.474 e. The third kappa shape index (κ3) is 4.27. The fourth-order valence-electron chi connectivity index (χ4n) is 2.33. The number of ether oxygens (including phenoxy) is 2. The molecule has 7 heteroatoms. The van der Waals surface area contributed by atoms with Crippen molar-refractivity contribution in [2.45, 2.75) is 59.7 Å². The van der Waals surface area contributed by atoms with Gasteiger partial charge >= 0.3 is 6.09 Å². The van der Waals surface area contributed by atoms with Crippen LogP contribution in [0, 0.1) is 6.92 Å². The maximum Gasteiger partial charge on any atom is 0.410 e. The Morgan fingerprint density at radius 2 is 2.00 bits per heavy atom. The molecule has 0 aliphatic carbocycles. The van der Waals surface area contributed by atoms with Crippen molar-refractivity contribution in [1.29, 1.82) is 0 Å². The minimum absolute atomic E-state index is 0.306. The number of fused-ring (bicyclic) bond motifs is 1. The highest BCUT2D eigenvalue weighted by molar-refractivity contribution is 5.68. The van der Waals surface area contributed by atoms with E-state index in [1.54, 1.807) is 4.90 Å². The molecule has 0 saturated carbocycles. The highest BCUT2D eigenvalue weighted by Gasteiger charge is 2.27. The van der Waals surface area contributed by atoms with Gasteiger partial charge in [0.1, 0.15) is 17.9 Å².